The van der Waals surface area contributed by atoms with Crippen LogP contribution in [-0.2, 0) is 0 Å². The van der Waals surface area contributed by atoms with Crippen molar-refractivity contribution in [2.45, 2.75) is 19.4 Å². The lowest BCUT2D eigenvalue weighted by molar-refractivity contribution is 0.0905. The Balaban J connectivity index is 2.46. The van der Waals surface area contributed by atoms with E-state index in [9.17, 15) is 4.79 Å². The van der Waals surface area contributed by atoms with Crippen LogP contribution in [0.1, 0.15) is 24.3 Å². The average molecular weight is 229 g/mol. The van der Waals surface area contributed by atoms with Crippen LogP contribution in [0, 0.1) is 0 Å². The van der Waals surface area contributed by atoms with Gasteiger partial charge in [-0.05, 0) is 32.0 Å². The van der Waals surface area contributed by atoms with Crippen LogP contribution in [0.4, 0.5) is 0 Å². The highest BCUT2D eigenvalue weighted by Gasteiger charge is 2.26. The summed E-state index contributed by atoms with van der Waals surface area (Å²) in [6.07, 6.45) is 1.60. The molecule has 0 bridgehead atoms. The monoisotopic (exact) mass is 229 g/mol. The first kappa shape index (κ1) is 11.5. The van der Waals surface area contributed by atoms with Crippen LogP contribution in [0.5, 0.6) is 0 Å². The third-order valence-corrected chi connectivity index (χ3v) is 2.46. The molecule has 1 heterocycles. The van der Waals surface area contributed by atoms with Gasteiger partial charge in [-0.2, -0.15) is 5.10 Å². The smallest absolute Gasteiger partial charge is 0.200 e. The number of carbonyl (C=O) groups is 1. The van der Waals surface area contributed by atoms with Crippen molar-refractivity contribution in [3.63, 3.8) is 0 Å². The third kappa shape index (κ3) is 2.26. The minimum Gasteiger partial charge on any atom is -0.319 e. The highest BCUT2D eigenvalue weighted by Crippen LogP contribution is 2.14. The van der Waals surface area contributed by atoms with Gasteiger partial charge < -0.3 is 5.73 Å². The van der Waals surface area contributed by atoms with Gasteiger partial charge in [-0.25, -0.2) is 4.68 Å². The zero-order valence-corrected chi connectivity index (χ0v) is 9.92. The number of benzene rings is 1. The molecule has 0 radical (unpaired) electrons. The summed E-state index contributed by atoms with van der Waals surface area (Å²) in [7, 11) is 0. The topological polar surface area (TPSA) is 60.9 Å². The van der Waals surface area contributed by atoms with Gasteiger partial charge in [0, 0.05) is 0 Å². The van der Waals surface area contributed by atoms with Crippen molar-refractivity contribution in [2.75, 3.05) is 0 Å². The van der Waals surface area contributed by atoms with Gasteiger partial charge in [0.2, 0.25) is 0 Å². The predicted molar refractivity (Wildman–Crippen MR) is 66.2 cm³/mol. The number of hydrogen-bond acceptors (Lipinski definition) is 3. The van der Waals surface area contributed by atoms with Gasteiger partial charge in [-0.15, -0.1) is 0 Å². The fourth-order valence-corrected chi connectivity index (χ4v) is 1.58. The molecule has 2 N–H and O–H groups in total. The van der Waals surface area contributed by atoms with Crippen LogP contribution in [0.3, 0.4) is 0 Å². The summed E-state index contributed by atoms with van der Waals surface area (Å²) in [5, 5.41) is 4.16. The van der Waals surface area contributed by atoms with Crippen LogP contribution >= 0.6 is 0 Å². The Kier molecular flexibility index (Phi) is 2.81. The largest absolute Gasteiger partial charge is 0.319 e. The third-order valence-electron chi connectivity index (χ3n) is 2.46. The molecule has 0 saturated carbocycles. The Labute approximate surface area is 100 Å². The Morgan fingerprint density at radius 1 is 1.24 bits per heavy atom. The maximum absolute atomic E-state index is 12.1. The Morgan fingerprint density at radius 3 is 2.47 bits per heavy atom. The molecular formula is C13H15N3O. The second-order valence-electron chi connectivity index (χ2n) is 4.51. The Bertz CT molecular complexity index is 523. The minimum absolute atomic E-state index is 0.126. The van der Waals surface area contributed by atoms with E-state index in [1.165, 1.54) is 0 Å². The van der Waals surface area contributed by atoms with Gasteiger partial charge in [0.25, 0.3) is 0 Å². The lowest BCUT2D eigenvalue weighted by Crippen LogP contribution is -2.42. The molecule has 0 fully saturated rings. The van der Waals surface area contributed by atoms with Gasteiger partial charge in [0.05, 0.1) is 17.4 Å². The first-order valence-electron chi connectivity index (χ1n) is 5.43. The number of hydrogen-bond donors (Lipinski definition) is 1. The highest BCUT2D eigenvalue weighted by molar-refractivity contribution is 6.01. The van der Waals surface area contributed by atoms with Gasteiger partial charge >= 0.3 is 0 Å². The summed E-state index contributed by atoms with van der Waals surface area (Å²) >= 11 is 0. The highest BCUT2D eigenvalue weighted by atomic mass is 16.1. The summed E-state index contributed by atoms with van der Waals surface area (Å²) in [5.41, 5.74) is 6.29. The van der Waals surface area contributed by atoms with Crippen LogP contribution < -0.4 is 5.73 Å². The average Bonchev–Trinajstić information content (AvgIpc) is 2.76. The first-order valence-corrected chi connectivity index (χ1v) is 5.43. The van der Waals surface area contributed by atoms with Crippen molar-refractivity contribution >= 4 is 5.78 Å². The number of carbonyl (C=O) groups excluding carboxylic acids is 1. The van der Waals surface area contributed by atoms with E-state index in [4.69, 9.17) is 5.73 Å². The van der Waals surface area contributed by atoms with Crippen molar-refractivity contribution in [1.29, 1.82) is 0 Å². The number of para-hydroxylation sites is 1. The second-order valence-corrected chi connectivity index (χ2v) is 4.51. The molecule has 0 saturated heterocycles. The maximum atomic E-state index is 12.1. The van der Waals surface area contributed by atoms with Crippen LogP contribution in [0.15, 0.2) is 42.6 Å². The van der Waals surface area contributed by atoms with Gasteiger partial charge in [-0.1, -0.05) is 18.2 Å². The number of Topliss-reactive ketones (excluding diaryl/α,β-unsaturated/α-hetero) is 1. The van der Waals surface area contributed by atoms with Crippen molar-refractivity contribution in [3.05, 3.63) is 48.3 Å². The molecule has 4 nitrogen and oxygen atoms in total. The second kappa shape index (κ2) is 4.14. The van der Waals surface area contributed by atoms with E-state index in [0.29, 0.717) is 5.69 Å². The van der Waals surface area contributed by atoms with Crippen molar-refractivity contribution < 1.29 is 4.79 Å². The molecule has 0 spiro atoms. The van der Waals surface area contributed by atoms with Gasteiger partial charge in [0.1, 0.15) is 5.69 Å². The normalized spacial score (nSPS) is 11.5. The molecule has 2 rings (SSSR count). The van der Waals surface area contributed by atoms with E-state index in [-0.39, 0.29) is 5.78 Å². The first-order chi connectivity index (χ1) is 8.00. The van der Waals surface area contributed by atoms with Crippen LogP contribution in [-0.4, -0.2) is 21.1 Å². The summed E-state index contributed by atoms with van der Waals surface area (Å²) < 4.78 is 1.61. The van der Waals surface area contributed by atoms with Crippen LogP contribution in [0.2, 0.25) is 0 Å². The molecule has 88 valence electrons. The Hall–Kier alpha value is -1.94. The maximum Gasteiger partial charge on any atom is 0.200 e. The quantitative estimate of drug-likeness (QED) is 0.816. The number of rotatable bonds is 3. The lowest BCUT2D eigenvalue weighted by atomic mass is 9.98. The number of ketones is 1. The fraction of sp³-hybridized carbons (Fsp3) is 0.231. The molecule has 0 amide bonds. The molecule has 0 unspecified atom stereocenters. The molecular weight excluding hydrogens is 214 g/mol. The van der Waals surface area contributed by atoms with E-state index in [0.717, 1.165) is 5.69 Å². The van der Waals surface area contributed by atoms with E-state index >= 15 is 0 Å². The molecule has 0 aliphatic carbocycles. The van der Waals surface area contributed by atoms with Crippen molar-refractivity contribution in [2.24, 2.45) is 5.73 Å². The lowest BCUT2D eigenvalue weighted by Gasteiger charge is -2.17. The zero-order chi connectivity index (χ0) is 12.5. The van der Waals surface area contributed by atoms with Crippen molar-refractivity contribution in [3.8, 4) is 5.69 Å². The van der Waals surface area contributed by atoms with E-state index in [2.05, 4.69) is 5.10 Å². The van der Waals surface area contributed by atoms with Gasteiger partial charge in [0.15, 0.2) is 5.78 Å². The molecule has 1 aromatic heterocycles. The molecule has 0 atom stereocenters. The number of nitrogens with two attached hydrogens (primary N) is 1. The fourth-order valence-electron chi connectivity index (χ4n) is 1.58. The van der Waals surface area contributed by atoms with E-state index in [1.54, 1.807) is 30.8 Å². The predicted octanol–water partition coefficient (Wildman–Crippen LogP) is 1.79. The Morgan fingerprint density at radius 2 is 1.88 bits per heavy atom. The molecule has 2 aromatic rings. The SMILES string of the molecule is CC(C)(N)C(=O)c1ccnn1-c1ccccc1. The van der Waals surface area contributed by atoms with E-state index < -0.39 is 5.54 Å². The standard InChI is InChI=1S/C13H15N3O/c1-13(2,14)12(17)11-8-9-15-16(11)10-6-4-3-5-7-10/h3-9H,14H2,1-2H3. The summed E-state index contributed by atoms with van der Waals surface area (Å²) in [4.78, 5) is 12.1. The summed E-state index contributed by atoms with van der Waals surface area (Å²) in [5.74, 6) is -0.126. The molecule has 4 heteroatoms. The summed E-state index contributed by atoms with van der Waals surface area (Å²) in [6, 6.07) is 11.2. The van der Waals surface area contributed by atoms with E-state index in [1.807, 2.05) is 30.3 Å². The summed E-state index contributed by atoms with van der Waals surface area (Å²) in [6.45, 7) is 3.38. The van der Waals surface area contributed by atoms with Gasteiger partial charge in [-0.3, -0.25) is 4.79 Å². The van der Waals surface area contributed by atoms with Crippen LogP contribution in [0.25, 0.3) is 5.69 Å². The molecule has 0 aliphatic heterocycles. The number of aromatic nitrogens is 2. The minimum atomic E-state index is -0.896. The zero-order valence-electron chi connectivity index (χ0n) is 9.92. The molecule has 1 aromatic carbocycles. The molecule has 0 aliphatic rings. The van der Waals surface area contributed by atoms with Crippen molar-refractivity contribution in [1.82, 2.24) is 9.78 Å². The number of nitrogens with zero attached hydrogens (tertiary/aromatic N) is 2. The molecule has 17 heavy (non-hydrogen) atoms.